The van der Waals surface area contributed by atoms with Gasteiger partial charge >= 0.3 is 5.97 Å². The molecule has 0 saturated heterocycles. The minimum Gasteiger partial charge on any atom is -0.479 e. The van der Waals surface area contributed by atoms with Crippen molar-refractivity contribution in [1.82, 2.24) is 0 Å². The highest BCUT2D eigenvalue weighted by atomic mass is 28.4. The maximum Gasteiger partial charge on any atom is 0.336 e. The third kappa shape index (κ3) is 3.46. The Bertz CT molecular complexity index is 395. The molecule has 0 spiro atoms. The summed E-state index contributed by atoms with van der Waals surface area (Å²) < 4.78 is 6.25. The first kappa shape index (κ1) is 16.4. The number of aliphatic hydroxyl groups is 1. The van der Waals surface area contributed by atoms with E-state index >= 15 is 0 Å². The summed E-state index contributed by atoms with van der Waals surface area (Å²) in [6.45, 7) is 12.6. The summed E-state index contributed by atoms with van der Waals surface area (Å²) in [5.41, 5.74) is -0.664. The first-order valence-electron chi connectivity index (χ1n) is 6.69. The molecule has 1 aliphatic carbocycles. The van der Waals surface area contributed by atoms with Gasteiger partial charge in [-0.15, -0.1) is 0 Å². The lowest BCUT2D eigenvalue weighted by Gasteiger charge is -2.42. The van der Waals surface area contributed by atoms with E-state index in [1.807, 2.05) is 6.92 Å². The van der Waals surface area contributed by atoms with Gasteiger partial charge in [-0.2, -0.15) is 0 Å². The van der Waals surface area contributed by atoms with Crippen molar-refractivity contribution in [1.29, 1.82) is 0 Å². The van der Waals surface area contributed by atoms with E-state index in [1.165, 1.54) is 0 Å². The van der Waals surface area contributed by atoms with Crippen LogP contribution in [0.25, 0.3) is 0 Å². The second kappa shape index (κ2) is 5.03. The lowest BCUT2D eigenvalue weighted by Crippen LogP contribution is -2.50. The Hall–Kier alpha value is -0.653. The topological polar surface area (TPSA) is 66.8 Å². The van der Waals surface area contributed by atoms with Crippen LogP contribution in [0.1, 0.15) is 40.5 Å². The van der Waals surface area contributed by atoms with Gasteiger partial charge in [-0.1, -0.05) is 26.8 Å². The lowest BCUT2D eigenvalue weighted by atomic mass is 9.84. The monoisotopic (exact) mass is 286 g/mol. The van der Waals surface area contributed by atoms with E-state index in [2.05, 4.69) is 33.9 Å². The van der Waals surface area contributed by atoms with Gasteiger partial charge in [-0.25, -0.2) is 4.79 Å². The van der Waals surface area contributed by atoms with Gasteiger partial charge in [0.05, 0.1) is 6.10 Å². The van der Waals surface area contributed by atoms with Gasteiger partial charge in [0.15, 0.2) is 13.9 Å². The maximum atomic E-state index is 11.2. The molecule has 4 nitrogen and oxygen atoms in total. The third-order valence-electron chi connectivity index (χ3n) is 4.43. The second-order valence-corrected chi connectivity index (χ2v) is 11.8. The van der Waals surface area contributed by atoms with Gasteiger partial charge < -0.3 is 14.6 Å². The Morgan fingerprint density at radius 3 is 2.42 bits per heavy atom. The van der Waals surface area contributed by atoms with Crippen molar-refractivity contribution in [2.45, 2.75) is 70.4 Å². The highest BCUT2D eigenvalue weighted by molar-refractivity contribution is 6.74. The number of carboxylic acids is 1. The average Bonchev–Trinajstić information content (AvgIpc) is 2.21. The van der Waals surface area contributed by atoms with E-state index in [4.69, 9.17) is 9.53 Å². The number of carboxylic acid groups (broad SMARTS) is 1. The summed E-state index contributed by atoms with van der Waals surface area (Å²) in [5.74, 6) is -1.17. The van der Waals surface area contributed by atoms with Crippen molar-refractivity contribution in [3.05, 3.63) is 11.6 Å². The third-order valence-corrected chi connectivity index (χ3v) is 8.92. The average molecular weight is 286 g/mol. The molecular formula is C14H26O4Si. The summed E-state index contributed by atoms with van der Waals surface area (Å²) >= 11 is 0. The summed E-state index contributed by atoms with van der Waals surface area (Å²) in [5, 5.41) is 19.3. The van der Waals surface area contributed by atoms with Gasteiger partial charge in [-0.3, -0.25) is 0 Å². The number of hydrogen-bond donors (Lipinski definition) is 2. The number of aliphatic carboxylic acids is 1. The summed E-state index contributed by atoms with van der Waals surface area (Å²) in [4.78, 5) is 11.2. The molecule has 0 aromatic heterocycles. The second-order valence-electron chi connectivity index (χ2n) is 7.06. The van der Waals surface area contributed by atoms with Crippen molar-refractivity contribution in [3.63, 3.8) is 0 Å². The van der Waals surface area contributed by atoms with Crippen molar-refractivity contribution >= 4 is 14.3 Å². The zero-order valence-electron chi connectivity index (χ0n) is 12.8. The first-order chi connectivity index (χ1) is 8.39. The van der Waals surface area contributed by atoms with Crippen LogP contribution in [-0.2, 0) is 9.22 Å². The molecule has 19 heavy (non-hydrogen) atoms. The van der Waals surface area contributed by atoms with Crippen molar-refractivity contribution in [3.8, 4) is 0 Å². The molecule has 5 heteroatoms. The predicted molar refractivity (Wildman–Crippen MR) is 77.6 cm³/mol. The van der Waals surface area contributed by atoms with Crippen LogP contribution >= 0.6 is 0 Å². The molecule has 1 aliphatic rings. The zero-order chi connectivity index (χ0) is 15.1. The zero-order valence-corrected chi connectivity index (χ0v) is 13.8. The largest absolute Gasteiger partial charge is 0.479 e. The van der Waals surface area contributed by atoms with Gasteiger partial charge in [0.25, 0.3) is 0 Å². The van der Waals surface area contributed by atoms with E-state index in [0.717, 1.165) is 5.57 Å². The highest BCUT2D eigenvalue weighted by Crippen LogP contribution is 2.40. The maximum absolute atomic E-state index is 11.2. The minimum absolute atomic E-state index is 0.0616. The molecule has 0 saturated carbocycles. The summed E-state index contributed by atoms with van der Waals surface area (Å²) in [7, 11) is -1.98. The summed E-state index contributed by atoms with van der Waals surface area (Å²) in [6, 6.07) is 0. The van der Waals surface area contributed by atoms with Crippen LogP contribution in [0, 0.1) is 0 Å². The first-order valence-corrected chi connectivity index (χ1v) is 9.60. The van der Waals surface area contributed by atoms with E-state index in [-0.39, 0.29) is 24.0 Å². The van der Waals surface area contributed by atoms with Crippen LogP contribution in [0.2, 0.25) is 18.1 Å². The number of carbonyl (C=O) groups is 1. The van der Waals surface area contributed by atoms with E-state index in [1.54, 1.807) is 6.08 Å². The van der Waals surface area contributed by atoms with E-state index in [0.29, 0.717) is 0 Å². The Morgan fingerprint density at radius 2 is 2.00 bits per heavy atom. The molecule has 0 bridgehead atoms. The molecule has 0 unspecified atom stereocenters. The Labute approximate surface area is 116 Å². The van der Waals surface area contributed by atoms with E-state index in [9.17, 15) is 9.90 Å². The quantitative estimate of drug-likeness (QED) is 0.618. The molecule has 1 rings (SSSR count). The Balaban J connectivity index is 2.93. The molecule has 0 fully saturated rings. The number of hydrogen-bond acceptors (Lipinski definition) is 3. The molecule has 0 aromatic rings. The van der Waals surface area contributed by atoms with Gasteiger partial charge in [0.1, 0.15) is 0 Å². The smallest absolute Gasteiger partial charge is 0.336 e. The van der Waals surface area contributed by atoms with Gasteiger partial charge in [0, 0.05) is 12.8 Å². The summed E-state index contributed by atoms with van der Waals surface area (Å²) in [6.07, 6.45) is 1.79. The molecule has 0 heterocycles. The number of rotatable bonds is 3. The van der Waals surface area contributed by atoms with Crippen LogP contribution in [0.3, 0.4) is 0 Å². The Kier molecular flexibility index (Phi) is 4.35. The molecule has 2 N–H and O–H groups in total. The van der Waals surface area contributed by atoms with Gasteiger partial charge in [0.2, 0.25) is 0 Å². The highest BCUT2D eigenvalue weighted by Gasteiger charge is 2.45. The molecule has 110 valence electrons. The fourth-order valence-electron chi connectivity index (χ4n) is 1.85. The molecule has 0 aromatic carbocycles. The molecule has 0 amide bonds. The van der Waals surface area contributed by atoms with E-state index < -0.39 is 19.9 Å². The van der Waals surface area contributed by atoms with Crippen LogP contribution in [0.4, 0.5) is 0 Å². The molecule has 0 radical (unpaired) electrons. The normalized spacial score (nSPS) is 29.0. The fraction of sp³-hybridized carbons (Fsp3) is 0.786. The predicted octanol–water partition coefficient (Wildman–Crippen LogP) is 2.93. The minimum atomic E-state index is -1.98. The van der Waals surface area contributed by atoms with Crippen LogP contribution in [0.15, 0.2) is 11.6 Å². The van der Waals surface area contributed by atoms with Crippen molar-refractivity contribution < 1.29 is 19.4 Å². The Morgan fingerprint density at radius 1 is 1.47 bits per heavy atom. The fourth-order valence-corrected chi connectivity index (χ4v) is 3.19. The van der Waals surface area contributed by atoms with Crippen LogP contribution < -0.4 is 0 Å². The van der Waals surface area contributed by atoms with Crippen LogP contribution in [0.5, 0.6) is 0 Å². The van der Waals surface area contributed by atoms with Crippen molar-refractivity contribution in [2.75, 3.05) is 0 Å². The van der Waals surface area contributed by atoms with Crippen LogP contribution in [-0.4, -0.2) is 36.2 Å². The van der Waals surface area contributed by atoms with Gasteiger partial charge in [-0.05, 0) is 30.6 Å². The standard InChI is InChI=1S/C14H26O4Si/c1-10-7-8-14(17,12(15)16)9-11(10)18-19(5,6)13(2,3)4/h7,11,17H,8-9H2,1-6H3,(H,15,16)/t11-,14+/m1/s1. The van der Waals surface area contributed by atoms with Crippen molar-refractivity contribution in [2.24, 2.45) is 0 Å². The molecular weight excluding hydrogens is 260 g/mol. The molecule has 2 atom stereocenters. The lowest BCUT2D eigenvalue weighted by molar-refractivity contribution is -0.161. The SMILES string of the molecule is CC1=CC[C@@](O)(C(=O)O)C[C@H]1O[Si](C)(C)C(C)(C)C. The molecule has 0 aliphatic heterocycles.